The molecule has 1 amide bonds. The van der Waals surface area contributed by atoms with Crippen molar-refractivity contribution >= 4 is 21.8 Å². The van der Waals surface area contributed by atoms with E-state index in [-0.39, 0.29) is 0 Å². The smallest absolute Gasteiger partial charge is 0.249 e. The molecule has 5 heteroatoms. The Morgan fingerprint density at radius 2 is 2.00 bits per heavy atom. The van der Waals surface area contributed by atoms with Crippen LogP contribution in [0.4, 0.5) is 0 Å². The zero-order valence-electron chi connectivity index (χ0n) is 8.76. The van der Waals surface area contributed by atoms with Crippen molar-refractivity contribution in [1.82, 2.24) is 0 Å². The second-order valence-electron chi connectivity index (χ2n) is 2.96. The number of nitrogens with two attached hydrogens (primary N) is 1. The molecule has 0 aliphatic carbocycles. The number of carbonyl (C=O) groups excluding carboxylic acids is 1. The number of benzene rings is 1. The molecule has 0 saturated carbocycles. The monoisotopic (exact) mass is 273 g/mol. The number of amides is 1. The fourth-order valence-corrected chi connectivity index (χ4v) is 1.87. The van der Waals surface area contributed by atoms with Gasteiger partial charge in [0.1, 0.15) is 0 Å². The van der Waals surface area contributed by atoms with Crippen molar-refractivity contribution in [2.45, 2.75) is 6.92 Å². The molecule has 0 aromatic heterocycles. The average molecular weight is 274 g/mol. The number of hydrogen-bond acceptors (Lipinski definition) is 3. The highest BCUT2D eigenvalue weighted by molar-refractivity contribution is 9.10. The second-order valence-corrected chi connectivity index (χ2v) is 3.76. The van der Waals surface area contributed by atoms with Crippen LogP contribution >= 0.6 is 15.9 Å². The van der Waals surface area contributed by atoms with Gasteiger partial charge in [-0.05, 0) is 34.5 Å². The molecule has 1 rings (SSSR count). The van der Waals surface area contributed by atoms with E-state index in [0.717, 1.165) is 5.56 Å². The molecular formula is C10H12BrNO3. The maximum Gasteiger partial charge on any atom is 0.249 e. The molecule has 0 heterocycles. The second kappa shape index (κ2) is 4.53. The van der Waals surface area contributed by atoms with Crippen molar-refractivity contribution in [3.8, 4) is 11.5 Å². The number of primary amides is 1. The molecule has 82 valence electrons. The lowest BCUT2D eigenvalue weighted by atomic mass is 10.1. The van der Waals surface area contributed by atoms with Crippen LogP contribution in [-0.2, 0) is 0 Å². The summed E-state index contributed by atoms with van der Waals surface area (Å²) in [4.78, 5) is 11.1. The number of carbonyl (C=O) groups is 1. The summed E-state index contributed by atoms with van der Waals surface area (Å²) in [5.41, 5.74) is 6.39. The fraction of sp³-hybridized carbons (Fsp3) is 0.300. The van der Waals surface area contributed by atoms with E-state index in [0.29, 0.717) is 21.5 Å². The van der Waals surface area contributed by atoms with Gasteiger partial charge in [-0.3, -0.25) is 4.79 Å². The first kappa shape index (κ1) is 11.8. The van der Waals surface area contributed by atoms with Gasteiger partial charge in [0.05, 0.1) is 18.7 Å². The summed E-state index contributed by atoms with van der Waals surface area (Å²) in [5.74, 6) is 0.540. The maximum absolute atomic E-state index is 11.1. The van der Waals surface area contributed by atoms with Crippen LogP contribution in [0.3, 0.4) is 0 Å². The van der Waals surface area contributed by atoms with E-state index in [1.807, 2.05) is 0 Å². The molecule has 15 heavy (non-hydrogen) atoms. The number of halogens is 1. The van der Waals surface area contributed by atoms with Gasteiger partial charge in [-0.15, -0.1) is 0 Å². The molecule has 0 fully saturated rings. The molecule has 4 nitrogen and oxygen atoms in total. The Kier molecular flexibility index (Phi) is 3.57. The molecule has 0 unspecified atom stereocenters. The first-order valence-corrected chi connectivity index (χ1v) is 5.03. The third-order valence-corrected chi connectivity index (χ3v) is 3.08. The van der Waals surface area contributed by atoms with Crippen molar-refractivity contribution in [2.75, 3.05) is 14.2 Å². The van der Waals surface area contributed by atoms with Crippen LogP contribution in [0.15, 0.2) is 10.5 Å². The Morgan fingerprint density at radius 3 is 2.40 bits per heavy atom. The molecule has 0 spiro atoms. The molecule has 0 aliphatic heterocycles. The Hall–Kier alpha value is -1.23. The minimum absolute atomic E-state index is 0.416. The SMILES string of the molecule is COc1cc(C(N)=O)c(C)c(Br)c1OC. The summed E-state index contributed by atoms with van der Waals surface area (Å²) in [6.45, 7) is 1.78. The Bertz CT molecular complexity index is 404. The highest BCUT2D eigenvalue weighted by Gasteiger charge is 2.17. The van der Waals surface area contributed by atoms with Crippen molar-refractivity contribution in [2.24, 2.45) is 5.73 Å². The molecule has 0 atom stereocenters. The molecule has 0 radical (unpaired) electrons. The zero-order valence-corrected chi connectivity index (χ0v) is 10.3. The summed E-state index contributed by atoms with van der Waals surface area (Å²) in [6, 6.07) is 1.57. The average Bonchev–Trinajstić information content (AvgIpc) is 2.21. The normalized spacial score (nSPS) is 9.87. The van der Waals surface area contributed by atoms with Gasteiger partial charge >= 0.3 is 0 Å². The quantitative estimate of drug-likeness (QED) is 0.915. The fourth-order valence-electron chi connectivity index (χ4n) is 1.30. The van der Waals surface area contributed by atoms with E-state index in [2.05, 4.69) is 15.9 Å². The number of hydrogen-bond donors (Lipinski definition) is 1. The van der Waals surface area contributed by atoms with Gasteiger partial charge in [0.15, 0.2) is 11.5 Å². The summed E-state index contributed by atoms with van der Waals surface area (Å²) >= 11 is 3.34. The first-order valence-electron chi connectivity index (χ1n) is 4.23. The van der Waals surface area contributed by atoms with Gasteiger partial charge in [0.25, 0.3) is 0 Å². The minimum atomic E-state index is -0.492. The van der Waals surface area contributed by atoms with Gasteiger partial charge in [0.2, 0.25) is 5.91 Å². The maximum atomic E-state index is 11.1. The van der Waals surface area contributed by atoms with Gasteiger partial charge in [-0.25, -0.2) is 0 Å². The van der Waals surface area contributed by atoms with Crippen molar-refractivity contribution in [3.63, 3.8) is 0 Å². The van der Waals surface area contributed by atoms with Gasteiger partial charge in [-0.2, -0.15) is 0 Å². The first-order chi connectivity index (χ1) is 7.02. The number of rotatable bonds is 3. The molecule has 0 aliphatic rings. The molecular weight excluding hydrogens is 262 g/mol. The summed E-state index contributed by atoms with van der Waals surface area (Å²) in [6.07, 6.45) is 0. The van der Waals surface area contributed by atoms with E-state index >= 15 is 0 Å². The predicted octanol–water partition coefficient (Wildman–Crippen LogP) is 1.87. The Balaban J connectivity index is 3.49. The molecule has 1 aromatic carbocycles. The number of ether oxygens (including phenoxy) is 2. The van der Waals surface area contributed by atoms with Crippen molar-refractivity contribution in [3.05, 3.63) is 21.7 Å². The zero-order chi connectivity index (χ0) is 11.6. The lowest BCUT2D eigenvalue weighted by Gasteiger charge is -2.13. The summed E-state index contributed by atoms with van der Waals surface area (Å²) < 4.78 is 10.9. The molecule has 0 saturated heterocycles. The Morgan fingerprint density at radius 1 is 1.40 bits per heavy atom. The minimum Gasteiger partial charge on any atom is -0.493 e. The highest BCUT2D eigenvalue weighted by Crippen LogP contribution is 2.39. The highest BCUT2D eigenvalue weighted by atomic mass is 79.9. The number of methoxy groups -OCH3 is 2. The topological polar surface area (TPSA) is 61.5 Å². The Labute approximate surface area is 96.5 Å². The van der Waals surface area contributed by atoms with Crippen LogP contribution in [0.2, 0.25) is 0 Å². The van der Waals surface area contributed by atoms with Gasteiger partial charge in [0, 0.05) is 5.56 Å². The lowest BCUT2D eigenvalue weighted by Crippen LogP contribution is -2.13. The summed E-state index contributed by atoms with van der Waals surface area (Å²) in [7, 11) is 3.04. The standard InChI is InChI=1S/C10H12BrNO3/c1-5-6(10(12)13)4-7(14-2)9(15-3)8(5)11/h4H,1-3H3,(H2,12,13). The van der Waals surface area contributed by atoms with Crippen LogP contribution in [0.25, 0.3) is 0 Å². The van der Waals surface area contributed by atoms with Crippen LogP contribution in [0.5, 0.6) is 11.5 Å². The van der Waals surface area contributed by atoms with Crippen LogP contribution in [0, 0.1) is 6.92 Å². The van der Waals surface area contributed by atoms with Crippen LogP contribution in [-0.4, -0.2) is 20.1 Å². The van der Waals surface area contributed by atoms with E-state index in [1.54, 1.807) is 13.0 Å². The van der Waals surface area contributed by atoms with Crippen LogP contribution < -0.4 is 15.2 Å². The van der Waals surface area contributed by atoms with E-state index in [4.69, 9.17) is 15.2 Å². The molecule has 1 aromatic rings. The summed E-state index contributed by atoms with van der Waals surface area (Å²) in [5, 5.41) is 0. The third kappa shape index (κ3) is 2.07. The van der Waals surface area contributed by atoms with Crippen LogP contribution in [0.1, 0.15) is 15.9 Å². The molecule has 0 bridgehead atoms. The van der Waals surface area contributed by atoms with E-state index in [9.17, 15) is 4.79 Å². The van der Waals surface area contributed by atoms with Crippen molar-refractivity contribution in [1.29, 1.82) is 0 Å². The predicted molar refractivity (Wildman–Crippen MR) is 60.5 cm³/mol. The molecule has 2 N–H and O–H groups in total. The van der Waals surface area contributed by atoms with Gasteiger partial charge in [-0.1, -0.05) is 0 Å². The van der Waals surface area contributed by atoms with Crippen molar-refractivity contribution < 1.29 is 14.3 Å². The van der Waals surface area contributed by atoms with E-state index < -0.39 is 5.91 Å². The third-order valence-electron chi connectivity index (χ3n) is 2.12. The largest absolute Gasteiger partial charge is 0.493 e. The van der Waals surface area contributed by atoms with E-state index in [1.165, 1.54) is 14.2 Å². The lowest BCUT2D eigenvalue weighted by molar-refractivity contribution is 0.0999. The van der Waals surface area contributed by atoms with Gasteiger partial charge < -0.3 is 15.2 Å².